The van der Waals surface area contributed by atoms with E-state index in [-0.39, 0.29) is 23.5 Å². The first-order valence-electron chi connectivity index (χ1n) is 6.11. The summed E-state index contributed by atoms with van der Waals surface area (Å²) in [5, 5.41) is 3.01. The first-order chi connectivity index (χ1) is 7.29. The minimum atomic E-state index is -0.163. The van der Waals surface area contributed by atoms with Crippen molar-refractivity contribution in [2.45, 2.75) is 58.2 Å². The van der Waals surface area contributed by atoms with E-state index in [0.29, 0.717) is 0 Å². The average molecular weight is 227 g/mol. The van der Waals surface area contributed by atoms with Gasteiger partial charge in [0.2, 0.25) is 5.91 Å². The van der Waals surface area contributed by atoms with E-state index in [0.717, 1.165) is 25.9 Å². The second kappa shape index (κ2) is 5.15. The third-order valence-electron chi connectivity index (χ3n) is 2.91. The molecule has 4 nitrogen and oxygen atoms in total. The molecule has 2 atom stereocenters. The van der Waals surface area contributed by atoms with Crippen LogP contribution in [-0.2, 0) is 4.79 Å². The summed E-state index contributed by atoms with van der Waals surface area (Å²) in [7, 11) is 0. The number of carbonyl (C=O) groups is 1. The Bertz CT molecular complexity index is 247. The van der Waals surface area contributed by atoms with Crippen LogP contribution in [0.3, 0.4) is 0 Å². The van der Waals surface area contributed by atoms with Crippen molar-refractivity contribution in [3.8, 4) is 0 Å². The predicted molar refractivity (Wildman–Crippen MR) is 66.1 cm³/mol. The molecule has 1 aliphatic heterocycles. The summed E-state index contributed by atoms with van der Waals surface area (Å²) < 4.78 is 0. The number of piperidine rings is 1. The normalized spacial score (nSPS) is 25.2. The van der Waals surface area contributed by atoms with Crippen LogP contribution in [0, 0.1) is 0 Å². The molecule has 0 aliphatic carbocycles. The van der Waals surface area contributed by atoms with Gasteiger partial charge in [0, 0.05) is 18.1 Å². The predicted octanol–water partition coefficient (Wildman–Crippen LogP) is 0.713. The van der Waals surface area contributed by atoms with E-state index in [1.807, 2.05) is 27.7 Å². The number of nitrogens with two attached hydrogens (primary N) is 1. The highest BCUT2D eigenvalue weighted by Crippen LogP contribution is 2.12. The maximum absolute atomic E-state index is 12.0. The molecule has 0 aromatic rings. The Kier molecular flexibility index (Phi) is 4.33. The fraction of sp³-hybridized carbons (Fsp3) is 0.917. The Morgan fingerprint density at radius 1 is 1.50 bits per heavy atom. The maximum atomic E-state index is 12.0. The van der Waals surface area contributed by atoms with Crippen molar-refractivity contribution in [1.29, 1.82) is 0 Å². The first-order valence-corrected chi connectivity index (χ1v) is 6.11. The number of likely N-dealkylation sites (tertiary alicyclic amines) is 1. The van der Waals surface area contributed by atoms with Crippen LogP contribution in [0.5, 0.6) is 0 Å². The molecule has 0 aromatic heterocycles. The van der Waals surface area contributed by atoms with E-state index in [9.17, 15) is 4.79 Å². The zero-order valence-electron chi connectivity index (χ0n) is 10.9. The molecule has 1 saturated heterocycles. The van der Waals surface area contributed by atoms with Crippen LogP contribution >= 0.6 is 0 Å². The van der Waals surface area contributed by atoms with Gasteiger partial charge < -0.3 is 11.1 Å². The molecular formula is C12H25N3O. The SMILES string of the molecule is CC(C(=O)NC(C)(C)C)N1CCCC(N)C1. The minimum Gasteiger partial charge on any atom is -0.350 e. The van der Waals surface area contributed by atoms with Crippen molar-refractivity contribution in [3.05, 3.63) is 0 Å². The number of nitrogens with zero attached hydrogens (tertiary/aromatic N) is 1. The summed E-state index contributed by atoms with van der Waals surface area (Å²) in [4.78, 5) is 14.1. The third-order valence-corrected chi connectivity index (χ3v) is 2.91. The van der Waals surface area contributed by atoms with Gasteiger partial charge in [-0.25, -0.2) is 0 Å². The van der Waals surface area contributed by atoms with Gasteiger partial charge in [0.15, 0.2) is 0 Å². The second-order valence-corrected chi connectivity index (χ2v) is 5.81. The lowest BCUT2D eigenvalue weighted by Gasteiger charge is -2.35. The molecule has 0 saturated carbocycles. The van der Waals surface area contributed by atoms with Gasteiger partial charge in [-0.1, -0.05) is 0 Å². The standard InChI is InChI=1S/C12H25N3O/c1-9(11(16)14-12(2,3)4)15-7-5-6-10(13)8-15/h9-10H,5-8,13H2,1-4H3,(H,14,16). The highest BCUT2D eigenvalue weighted by Gasteiger charge is 2.27. The van der Waals surface area contributed by atoms with Crippen LogP contribution in [0.4, 0.5) is 0 Å². The van der Waals surface area contributed by atoms with Crippen molar-refractivity contribution in [2.75, 3.05) is 13.1 Å². The number of rotatable bonds is 2. The Hall–Kier alpha value is -0.610. The molecular weight excluding hydrogens is 202 g/mol. The Labute approximate surface area is 98.6 Å². The molecule has 2 unspecified atom stereocenters. The zero-order chi connectivity index (χ0) is 12.3. The number of nitrogens with one attached hydrogen (secondary N) is 1. The zero-order valence-corrected chi connectivity index (χ0v) is 10.9. The molecule has 3 N–H and O–H groups in total. The molecule has 1 amide bonds. The van der Waals surface area contributed by atoms with Crippen LogP contribution in [0.2, 0.25) is 0 Å². The molecule has 16 heavy (non-hydrogen) atoms. The lowest BCUT2D eigenvalue weighted by Crippen LogP contribution is -2.54. The smallest absolute Gasteiger partial charge is 0.237 e. The van der Waals surface area contributed by atoms with Crippen molar-refractivity contribution in [3.63, 3.8) is 0 Å². The van der Waals surface area contributed by atoms with Gasteiger partial charge in [-0.15, -0.1) is 0 Å². The summed E-state index contributed by atoms with van der Waals surface area (Å²) in [5.41, 5.74) is 5.75. The van der Waals surface area contributed by atoms with Crippen LogP contribution in [0.1, 0.15) is 40.5 Å². The van der Waals surface area contributed by atoms with Gasteiger partial charge in [-0.05, 0) is 47.1 Å². The van der Waals surface area contributed by atoms with Crippen molar-refractivity contribution in [2.24, 2.45) is 5.73 Å². The van der Waals surface area contributed by atoms with Gasteiger partial charge in [0.1, 0.15) is 0 Å². The number of hydrogen-bond donors (Lipinski definition) is 2. The van der Waals surface area contributed by atoms with E-state index in [1.54, 1.807) is 0 Å². The van der Waals surface area contributed by atoms with Gasteiger partial charge in [0.05, 0.1) is 6.04 Å². The molecule has 1 fully saturated rings. The number of carbonyl (C=O) groups excluding carboxylic acids is 1. The minimum absolute atomic E-state index is 0.0782. The van der Waals surface area contributed by atoms with E-state index < -0.39 is 0 Å². The quantitative estimate of drug-likeness (QED) is 0.730. The molecule has 0 aromatic carbocycles. The molecule has 0 radical (unpaired) electrons. The van der Waals surface area contributed by atoms with Gasteiger partial charge in [-0.2, -0.15) is 0 Å². The molecule has 1 heterocycles. The highest BCUT2D eigenvalue weighted by atomic mass is 16.2. The fourth-order valence-corrected chi connectivity index (χ4v) is 2.03. The van der Waals surface area contributed by atoms with Gasteiger partial charge in [0.25, 0.3) is 0 Å². The monoisotopic (exact) mass is 227 g/mol. The Morgan fingerprint density at radius 3 is 2.62 bits per heavy atom. The molecule has 1 aliphatic rings. The van der Waals surface area contributed by atoms with Crippen LogP contribution in [0.15, 0.2) is 0 Å². The van der Waals surface area contributed by atoms with Crippen molar-refractivity contribution >= 4 is 5.91 Å². The molecule has 0 spiro atoms. The summed E-state index contributed by atoms with van der Waals surface area (Å²) in [6, 6.07) is 0.143. The molecule has 0 bridgehead atoms. The topological polar surface area (TPSA) is 58.4 Å². The summed E-state index contributed by atoms with van der Waals surface area (Å²) in [5.74, 6) is 0.0987. The Morgan fingerprint density at radius 2 is 2.12 bits per heavy atom. The van der Waals surface area contributed by atoms with Crippen molar-refractivity contribution < 1.29 is 4.79 Å². The van der Waals surface area contributed by atoms with Crippen LogP contribution in [0.25, 0.3) is 0 Å². The van der Waals surface area contributed by atoms with Crippen LogP contribution < -0.4 is 11.1 Å². The third kappa shape index (κ3) is 4.10. The lowest BCUT2D eigenvalue weighted by atomic mass is 10.0. The molecule has 1 rings (SSSR count). The number of hydrogen-bond acceptors (Lipinski definition) is 3. The second-order valence-electron chi connectivity index (χ2n) is 5.81. The molecule has 4 heteroatoms. The lowest BCUT2D eigenvalue weighted by molar-refractivity contribution is -0.127. The van der Waals surface area contributed by atoms with Crippen LogP contribution in [-0.4, -0.2) is 41.5 Å². The van der Waals surface area contributed by atoms with E-state index in [1.165, 1.54) is 0 Å². The van der Waals surface area contributed by atoms with E-state index in [4.69, 9.17) is 5.73 Å². The summed E-state index contributed by atoms with van der Waals surface area (Å²) in [6.07, 6.45) is 2.17. The largest absolute Gasteiger partial charge is 0.350 e. The van der Waals surface area contributed by atoms with Crippen molar-refractivity contribution in [1.82, 2.24) is 10.2 Å². The van der Waals surface area contributed by atoms with E-state index in [2.05, 4.69) is 10.2 Å². The van der Waals surface area contributed by atoms with Gasteiger partial charge >= 0.3 is 0 Å². The molecule has 94 valence electrons. The summed E-state index contributed by atoms with van der Waals surface area (Å²) in [6.45, 7) is 9.77. The Balaban J connectivity index is 2.49. The first kappa shape index (κ1) is 13.5. The summed E-state index contributed by atoms with van der Waals surface area (Å²) >= 11 is 0. The highest BCUT2D eigenvalue weighted by molar-refractivity contribution is 5.81. The fourth-order valence-electron chi connectivity index (χ4n) is 2.03. The maximum Gasteiger partial charge on any atom is 0.237 e. The van der Waals surface area contributed by atoms with Gasteiger partial charge in [-0.3, -0.25) is 9.69 Å². The number of amides is 1. The van der Waals surface area contributed by atoms with E-state index >= 15 is 0 Å². The average Bonchev–Trinajstić information content (AvgIpc) is 2.14.